The summed E-state index contributed by atoms with van der Waals surface area (Å²) in [6, 6.07) is 13.6. The molecule has 0 aromatic heterocycles. The van der Waals surface area contributed by atoms with Crippen LogP contribution in [0.2, 0.25) is 0 Å². The minimum atomic E-state index is 0. The molecule has 0 bridgehead atoms. The molecule has 2 aromatic rings. The molecule has 0 radical (unpaired) electrons. The smallest absolute Gasteiger partial charge is 1.00 e. The standard InChI is InChI=1S/C17H24P.C10H15.2ClH.Hf/c1-13(2)11-18(12-14(3)4)17-9-15-7-5-6-8-16(15)10-17;1-3-6-9(2)10-7-4-5-8-10;;;/h5-10,13-14H,11-12H2,1-4H3;4,7,9H,3,5-6H2,1-2H3;2*1H;/q2*-1;;;+4/p-2. The number of allylic oxidation sites excluding steroid dienone is 4. The van der Waals surface area contributed by atoms with Crippen LogP contribution in [0.3, 0.4) is 0 Å². The van der Waals surface area contributed by atoms with Gasteiger partial charge in [0.05, 0.1) is 0 Å². The SMILES string of the molecule is CC(C)CP(CC(C)C)c1cc2ccccc2[cH-]1.CCCC(C)C1=[C-]CC=C1.[Cl-].[Cl-].[Hf+4]. The van der Waals surface area contributed by atoms with E-state index in [1.165, 1.54) is 41.5 Å². The Morgan fingerprint density at radius 2 is 1.61 bits per heavy atom. The zero-order valence-corrected chi connectivity index (χ0v) is 26.1. The van der Waals surface area contributed by atoms with Gasteiger partial charge in [0, 0.05) is 0 Å². The molecule has 170 valence electrons. The Bertz CT molecular complexity index is 733. The van der Waals surface area contributed by atoms with Gasteiger partial charge in [-0.25, -0.2) is 11.6 Å². The van der Waals surface area contributed by atoms with Gasteiger partial charge >= 0.3 is 25.8 Å². The van der Waals surface area contributed by atoms with Crippen molar-refractivity contribution in [1.29, 1.82) is 0 Å². The zero-order chi connectivity index (χ0) is 20.5. The van der Waals surface area contributed by atoms with Gasteiger partial charge in [0.15, 0.2) is 0 Å². The molecule has 31 heavy (non-hydrogen) atoms. The second kappa shape index (κ2) is 17.6. The van der Waals surface area contributed by atoms with Crippen molar-refractivity contribution in [3.05, 3.63) is 60.2 Å². The van der Waals surface area contributed by atoms with Crippen molar-refractivity contribution in [3.8, 4) is 0 Å². The van der Waals surface area contributed by atoms with E-state index < -0.39 is 0 Å². The van der Waals surface area contributed by atoms with E-state index in [9.17, 15) is 0 Å². The topological polar surface area (TPSA) is 0 Å². The molecule has 0 saturated heterocycles. The largest absolute Gasteiger partial charge is 4.00 e. The molecule has 1 unspecified atom stereocenters. The number of hydrogen-bond acceptors (Lipinski definition) is 0. The molecule has 0 N–H and O–H groups in total. The predicted molar refractivity (Wildman–Crippen MR) is 130 cm³/mol. The van der Waals surface area contributed by atoms with E-state index in [0.29, 0.717) is 0 Å². The maximum Gasteiger partial charge on any atom is 4.00 e. The second-order valence-electron chi connectivity index (χ2n) is 8.96. The van der Waals surface area contributed by atoms with Crippen LogP contribution >= 0.6 is 7.92 Å². The van der Waals surface area contributed by atoms with Crippen molar-refractivity contribution in [2.24, 2.45) is 17.8 Å². The number of rotatable bonds is 8. The zero-order valence-electron chi connectivity index (χ0n) is 20.1. The Labute approximate surface area is 224 Å². The van der Waals surface area contributed by atoms with Gasteiger partial charge in [-0.2, -0.15) is 12.1 Å². The molecule has 4 heteroatoms. The Morgan fingerprint density at radius 3 is 2.10 bits per heavy atom. The van der Waals surface area contributed by atoms with E-state index in [4.69, 9.17) is 0 Å². The molecule has 0 nitrogen and oxygen atoms in total. The van der Waals surface area contributed by atoms with Crippen LogP contribution in [0.5, 0.6) is 0 Å². The van der Waals surface area contributed by atoms with Crippen molar-refractivity contribution in [2.45, 2.75) is 60.8 Å². The molecule has 3 rings (SSSR count). The van der Waals surface area contributed by atoms with Crippen molar-refractivity contribution >= 4 is 24.0 Å². The van der Waals surface area contributed by atoms with Crippen LogP contribution in [-0.2, 0) is 25.8 Å². The fourth-order valence-corrected chi connectivity index (χ4v) is 6.81. The summed E-state index contributed by atoms with van der Waals surface area (Å²) >= 11 is 0. The Kier molecular flexibility index (Phi) is 19.0. The summed E-state index contributed by atoms with van der Waals surface area (Å²) in [5.41, 5.74) is 1.42. The summed E-state index contributed by atoms with van der Waals surface area (Å²) < 4.78 is 0. The quantitative estimate of drug-likeness (QED) is 0.235. The van der Waals surface area contributed by atoms with E-state index in [1.807, 2.05) is 0 Å². The second-order valence-corrected chi connectivity index (χ2v) is 11.3. The van der Waals surface area contributed by atoms with Gasteiger partial charge in [-0.3, -0.25) is 6.08 Å². The first-order valence-corrected chi connectivity index (χ1v) is 12.8. The maximum atomic E-state index is 3.35. The van der Waals surface area contributed by atoms with Crippen molar-refractivity contribution in [3.63, 3.8) is 0 Å². The van der Waals surface area contributed by atoms with E-state index in [-0.39, 0.29) is 58.6 Å². The molecule has 1 atom stereocenters. The molecule has 0 spiro atoms. The molecule has 2 aromatic carbocycles. The van der Waals surface area contributed by atoms with Crippen molar-refractivity contribution in [1.82, 2.24) is 0 Å². The van der Waals surface area contributed by atoms with Gasteiger partial charge in [-0.15, -0.1) is 46.8 Å². The van der Waals surface area contributed by atoms with Gasteiger partial charge in [-0.05, 0) is 30.6 Å². The van der Waals surface area contributed by atoms with Crippen LogP contribution in [0.25, 0.3) is 10.8 Å². The molecule has 0 heterocycles. The summed E-state index contributed by atoms with van der Waals surface area (Å²) in [6.45, 7) is 13.9. The molecule has 1 aliphatic carbocycles. The van der Waals surface area contributed by atoms with Crippen LogP contribution in [0, 0.1) is 23.8 Å². The van der Waals surface area contributed by atoms with Gasteiger partial charge in [0.2, 0.25) is 0 Å². The molecular weight excluding hydrogens is 605 g/mol. The van der Waals surface area contributed by atoms with Gasteiger partial charge < -0.3 is 24.8 Å². The normalized spacial score (nSPS) is 13.3. The Morgan fingerprint density at radius 1 is 1.00 bits per heavy atom. The van der Waals surface area contributed by atoms with Gasteiger partial charge in [0.1, 0.15) is 0 Å². The van der Waals surface area contributed by atoms with E-state index >= 15 is 0 Å². The van der Waals surface area contributed by atoms with Crippen LogP contribution in [-0.4, -0.2) is 12.3 Å². The molecule has 0 fully saturated rings. The first-order chi connectivity index (χ1) is 13.4. The van der Waals surface area contributed by atoms with Crippen LogP contribution in [0.4, 0.5) is 0 Å². The fourth-order valence-electron chi connectivity index (χ4n) is 3.83. The monoisotopic (exact) mass is 644 g/mol. The average Bonchev–Trinajstić information content (AvgIpc) is 3.31. The fraction of sp³-hybridized carbons (Fsp3) is 0.519. The maximum absolute atomic E-state index is 3.35. The molecule has 0 amide bonds. The van der Waals surface area contributed by atoms with Gasteiger partial charge in [-0.1, -0.05) is 67.9 Å². The minimum Gasteiger partial charge on any atom is -1.00 e. The van der Waals surface area contributed by atoms with Crippen LogP contribution < -0.4 is 30.1 Å². The summed E-state index contributed by atoms with van der Waals surface area (Å²) in [6.07, 6.45) is 14.1. The third kappa shape index (κ3) is 11.7. The van der Waals surface area contributed by atoms with E-state index in [0.717, 1.165) is 24.2 Å². The van der Waals surface area contributed by atoms with E-state index in [1.54, 1.807) is 5.30 Å². The van der Waals surface area contributed by atoms with Crippen LogP contribution in [0.1, 0.15) is 60.8 Å². The summed E-state index contributed by atoms with van der Waals surface area (Å²) in [5, 5.41) is 4.42. The number of halogens is 2. The third-order valence-corrected chi connectivity index (χ3v) is 8.44. The Balaban J connectivity index is 0. The predicted octanol–water partition coefficient (Wildman–Crippen LogP) is 2.10. The van der Waals surface area contributed by atoms with E-state index in [2.05, 4.69) is 96.2 Å². The number of benzene rings is 1. The average molecular weight is 644 g/mol. The van der Waals surface area contributed by atoms with Gasteiger partial charge in [0.25, 0.3) is 0 Å². The minimum absolute atomic E-state index is 0. The third-order valence-electron chi connectivity index (χ3n) is 5.11. The molecule has 1 aliphatic rings. The summed E-state index contributed by atoms with van der Waals surface area (Å²) in [4.78, 5) is 0. The summed E-state index contributed by atoms with van der Waals surface area (Å²) in [7, 11) is 0.0185. The number of fused-ring (bicyclic) bond motifs is 1. The van der Waals surface area contributed by atoms with Crippen molar-refractivity contribution < 1.29 is 50.7 Å². The number of hydrogen-bond donors (Lipinski definition) is 0. The van der Waals surface area contributed by atoms with Crippen molar-refractivity contribution in [2.75, 3.05) is 12.3 Å². The Hall–Kier alpha value is 0.190. The summed E-state index contributed by atoms with van der Waals surface area (Å²) in [5.74, 6) is 2.32. The molecule has 0 saturated carbocycles. The molecular formula is C27H39Cl2HfP. The van der Waals surface area contributed by atoms with Crippen LogP contribution in [0.15, 0.2) is 54.1 Å². The first-order valence-electron chi connectivity index (χ1n) is 11.1. The molecule has 0 aliphatic heterocycles. The first kappa shape index (κ1) is 33.4.